The molecule has 2 aromatic heterocycles. The van der Waals surface area contributed by atoms with Gasteiger partial charge in [0.1, 0.15) is 16.9 Å². The first-order valence-electron chi connectivity index (χ1n) is 8.74. The number of aliphatic hydroxyl groups excluding tert-OH is 1. The minimum Gasteiger partial charge on any atom is -0.390 e. The van der Waals surface area contributed by atoms with Crippen molar-refractivity contribution in [2.24, 2.45) is 0 Å². The van der Waals surface area contributed by atoms with Gasteiger partial charge in [-0.25, -0.2) is 9.07 Å². The second kappa shape index (κ2) is 7.47. The van der Waals surface area contributed by atoms with Crippen molar-refractivity contribution in [1.82, 2.24) is 19.7 Å². The molecule has 11 heteroatoms. The van der Waals surface area contributed by atoms with Crippen molar-refractivity contribution >= 4 is 17.0 Å². The van der Waals surface area contributed by atoms with Crippen LogP contribution >= 0.6 is 0 Å². The van der Waals surface area contributed by atoms with E-state index in [9.17, 15) is 27.5 Å². The Morgan fingerprint density at radius 2 is 2.00 bits per heavy atom. The lowest BCUT2D eigenvalue weighted by Gasteiger charge is -2.19. The Morgan fingerprint density at radius 3 is 2.52 bits per heavy atom. The highest BCUT2D eigenvalue weighted by atomic mass is 19.4. The predicted octanol–water partition coefficient (Wildman–Crippen LogP) is 2.84. The predicted molar refractivity (Wildman–Crippen MR) is 98.2 cm³/mol. The number of H-pyrrole nitrogens is 1. The van der Waals surface area contributed by atoms with E-state index >= 15 is 0 Å². The Labute approximate surface area is 162 Å². The minimum absolute atomic E-state index is 0.0251. The van der Waals surface area contributed by atoms with E-state index in [1.54, 1.807) is 25.9 Å². The summed E-state index contributed by atoms with van der Waals surface area (Å²) in [6.45, 7) is 1.15. The number of hydrogen-bond donors (Lipinski definition) is 2. The molecule has 0 spiro atoms. The van der Waals surface area contributed by atoms with Crippen LogP contribution in [0, 0.1) is 5.82 Å². The van der Waals surface area contributed by atoms with Crippen molar-refractivity contribution in [2.75, 3.05) is 19.0 Å². The standard InChI is InChI=1S/C18H19F4N5O2/c1-4-13(10-6-5-9(7-11(10)19)18(20,21)22)27-15-14(12(8-28)25-27)16(29)24-17(23-15)26(2)3/h5-7,13,28H,4,8H2,1-3H3,(H,23,24,29)/t13-/m1/s1. The van der Waals surface area contributed by atoms with Crippen LogP contribution < -0.4 is 10.5 Å². The first-order valence-corrected chi connectivity index (χ1v) is 8.74. The van der Waals surface area contributed by atoms with E-state index in [-0.39, 0.29) is 34.7 Å². The molecule has 3 aromatic rings. The van der Waals surface area contributed by atoms with Crippen LogP contribution in [0.2, 0.25) is 0 Å². The highest BCUT2D eigenvalue weighted by Crippen LogP contribution is 2.33. The molecular weight excluding hydrogens is 394 g/mol. The molecule has 2 heterocycles. The number of hydrogen-bond acceptors (Lipinski definition) is 5. The van der Waals surface area contributed by atoms with Crippen LogP contribution in [0.4, 0.5) is 23.5 Å². The van der Waals surface area contributed by atoms with E-state index in [2.05, 4.69) is 15.1 Å². The summed E-state index contributed by atoms with van der Waals surface area (Å²) in [6.07, 6.45) is -4.41. The van der Waals surface area contributed by atoms with Crippen LogP contribution in [0.5, 0.6) is 0 Å². The van der Waals surface area contributed by atoms with E-state index in [0.29, 0.717) is 6.07 Å². The van der Waals surface area contributed by atoms with Gasteiger partial charge in [0.15, 0.2) is 5.65 Å². The van der Waals surface area contributed by atoms with Gasteiger partial charge in [0, 0.05) is 19.7 Å². The highest BCUT2D eigenvalue weighted by molar-refractivity contribution is 5.78. The summed E-state index contributed by atoms with van der Waals surface area (Å²) < 4.78 is 54.5. The average Bonchev–Trinajstić information content (AvgIpc) is 3.02. The molecule has 0 unspecified atom stereocenters. The SMILES string of the molecule is CC[C@H](c1ccc(C(F)(F)F)cc1F)n1nc(CO)c2c(=O)[nH]c(N(C)C)nc21. The number of benzene rings is 1. The maximum absolute atomic E-state index is 14.6. The molecular formula is C18H19F4N5O2. The summed E-state index contributed by atoms with van der Waals surface area (Å²) in [5.41, 5.74) is -1.50. The minimum atomic E-state index is -4.67. The normalized spacial score (nSPS) is 13.1. The summed E-state index contributed by atoms with van der Waals surface area (Å²) >= 11 is 0. The summed E-state index contributed by atoms with van der Waals surface area (Å²) in [5.74, 6) is -0.825. The van der Waals surface area contributed by atoms with Crippen LogP contribution in [0.3, 0.4) is 0 Å². The molecule has 2 N–H and O–H groups in total. The highest BCUT2D eigenvalue weighted by Gasteiger charge is 2.32. The molecule has 0 fully saturated rings. The van der Waals surface area contributed by atoms with Crippen molar-refractivity contribution in [1.29, 1.82) is 0 Å². The number of anilines is 1. The van der Waals surface area contributed by atoms with Gasteiger partial charge < -0.3 is 10.0 Å². The molecule has 1 aromatic carbocycles. The third-order valence-electron chi connectivity index (χ3n) is 4.56. The number of nitrogens with zero attached hydrogens (tertiary/aromatic N) is 4. The largest absolute Gasteiger partial charge is 0.416 e. The first-order chi connectivity index (χ1) is 13.6. The van der Waals surface area contributed by atoms with Gasteiger partial charge in [-0.05, 0) is 18.6 Å². The number of fused-ring (bicyclic) bond motifs is 1. The molecule has 1 atom stereocenters. The lowest BCUT2D eigenvalue weighted by Crippen LogP contribution is -2.20. The quantitative estimate of drug-likeness (QED) is 0.629. The number of aromatic nitrogens is 4. The number of halogens is 4. The Balaban J connectivity index is 2.24. The van der Waals surface area contributed by atoms with Crippen LogP contribution in [0.15, 0.2) is 23.0 Å². The van der Waals surface area contributed by atoms with Crippen molar-refractivity contribution in [2.45, 2.75) is 32.2 Å². The summed E-state index contributed by atoms with van der Waals surface area (Å²) in [6, 6.07) is 1.45. The second-order valence-electron chi connectivity index (χ2n) is 6.69. The Hall–Kier alpha value is -2.95. The zero-order valence-electron chi connectivity index (χ0n) is 15.9. The molecule has 156 valence electrons. The lowest BCUT2D eigenvalue weighted by atomic mass is 10.0. The van der Waals surface area contributed by atoms with E-state index < -0.39 is 35.8 Å². The van der Waals surface area contributed by atoms with Gasteiger partial charge in [-0.3, -0.25) is 9.78 Å². The van der Waals surface area contributed by atoms with Crippen LogP contribution in [-0.4, -0.2) is 39.0 Å². The lowest BCUT2D eigenvalue weighted by molar-refractivity contribution is -0.137. The zero-order chi connectivity index (χ0) is 21.5. The molecule has 0 saturated carbocycles. The van der Waals surface area contributed by atoms with E-state index in [0.717, 1.165) is 12.1 Å². The fourth-order valence-corrected chi connectivity index (χ4v) is 3.14. The summed E-state index contributed by atoms with van der Waals surface area (Å²) in [5, 5.41) is 13.8. The van der Waals surface area contributed by atoms with Crippen molar-refractivity contribution in [3.05, 3.63) is 51.2 Å². The van der Waals surface area contributed by atoms with Gasteiger partial charge in [-0.15, -0.1) is 0 Å². The molecule has 0 aliphatic heterocycles. The fourth-order valence-electron chi connectivity index (χ4n) is 3.14. The molecule has 29 heavy (non-hydrogen) atoms. The monoisotopic (exact) mass is 413 g/mol. The maximum atomic E-state index is 14.6. The molecule has 0 bridgehead atoms. The number of rotatable bonds is 5. The van der Waals surface area contributed by atoms with E-state index in [1.165, 1.54) is 4.68 Å². The fraction of sp³-hybridized carbons (Fsp3) is 0.389. The van der Waals surface area contributed by atoms with Crippen LogP contribution in [0.25, 0.3) is 11.0 Å². The van der Waals surface area contributed by atoms with Crippen LogP contribution in [-0.2, 0) is 12.8 Å². The van der Waals surface area contributed by atoms with Gasteiger partial charge in [-0.2, -0.15) is 23.3 Å². The smallest absolute Gasteiger partial charge is 0.390 e. The molecule has 3 rings (SSSR count). The van der Waals surface area contributed by atoms with Crippen molar-refractivity contribution < 1.29 is 22.7 Å². The van der Waals surface area contributed by atoms with Crippen LogP contribution in [0.1, 0.15) is 36.2 Å². The Kier molecular flexibility index (Phi) is 5.35. The first kappa shape index (κ1) is 20.8. The molecule has 0 aliphatic rings. The summed E-state index contributed by atoms with van der Waals surface area (Å²) in [4.78, 5) is 20.9. The second-order valence-corrected chi connectivity index (χ2v) is 6.69. The number of alkyl halides is 3. The number of nitrogens with one attached hydrogen (secondary N) is 1. The number of aliphatic hydroxyl groups is 1. The Morgan fingerprint density at radius 1 is 1.31 bits per heavy atom. The molecule has 0 radical (unpaired) electrons. The molecule has 0 aliphatic carbocycles. The third-order valence-corrected chi connectivity index (χ3v) is 4.56. The summed E-state index contributed by atoms with van der Waals surface area (Å²) in [7, 11) is 3.31. The third kappa shape index (κ3) is 3.69. The van der Waals surface area contributed by atoms with Gasteiger partial charge in [0.05, 0.1) is 18.2 Å². The van der Waals surface area contributed by atoms with Crippen molar-refractivity contribution in [3.63, 3.8) is 0 Å². The van der Waals surface area contributed by atoms with Gasteiger partial charge in [0.25, 0.3) is 5.56 Å². The Bertz CT molecular complexity index is 1100. The van der Waals surface area contributed by atoms with Gasteiger partial charge >= 0.3 is 6.18 Å². The topological polar surface area (TPSA) is 87.0 Å². The van der Waals surface area contributed by atoms with E-state index in [1.807, 2.05) is 0 Å². The van der Waals surface area contributed by atoms with Gasteiger partial charge in [-0.1, -0.05) is 13.0 Å². The van der Waals surface area contributed by atoms with E-state index in [4.69, 9.17) is 0 Å². The molecule has 7 nitrogen and oxygen atoms in total. The molecule has 0 saturated heterocycles. The van der Waals surface area contributed by atoms with Gasteiger partial charge in [0.2, 0.25) is 5.95 Å². The maximum Gasteiger partial charge on any atom is 0.416 e. The molecule has 0 amide bonds. The van der Waals surface area contributed by atoms with Crippen molar-refractivity contribution in [3.8, 4) is 0 Å². The average molecular weight is 413 g/mol. The zero-order valence-corrected chi connectivity index (χ0v) is 15.9. The number of aromatic amines is 1.